The molecule has 0 unspecified atom stereocenters. The van der Waals surface area contributed by atoms with Gasteiger partial charge in [0.25, 0.3) is 0 Å². The van der Waals surface area contributed by atoms with Crippen LogP contribution in [-0.4, -0.2) is 39.8 Å². The average Bonchev–Trinajstić information content (AvgIpc) is 3.44. The van der Waals surface area contributed by atoms with Crippen LogP contribution in [0.2, 0.25) is 0 Å². The topological polar surface area (TPSA) is 113 Å². The molecule has 9 heteroatoms. The van der Waals surface area contributed by atoms with Gasteiger partial charge in [-0.1, -0.05) is 18.5 Å². The van der Waals surface area contributed by atoms with Gasteiger partial charge >= 0.3 is 5.63 Å². The van der Waals surface area contributed by atoms with Crippen molar-refractivity contribution in [3.63, 3.8) is 0 Å². The molecule has 1 fully saturated rings. The molecule has 2 heterocycles. The van der Waals surface area contributed by atoms with Crippen LogP contribution in [0.4, 0.5) is 0 Å². The van der Waals surface area contributed by atoms with E-state index >= 15 is 0 Å². The Morgan fingerprint density at radius 1 is 1.52 bits per heavy atom. The minimum absolute atomic E-state index is 0.267. The lowest BCUT2D eigenvalue weighted by Crippen LogP contribution is -2.45. The molecular weight excluding hydrogens is 394 g/mol. The maximum atomic E-state index is 13.0. The van der Waals surface area contributed by atoms with E-state index in [0.29, 0.717) is 47.0 Å². The smallest absolute Gasteiger partial charge is 0.339 e. The Labute approximate surface area is 173 Å². The second-order valence-electron chi connectivity index (χ2n) is 7.75. The lowest BCUT2D eigenvalue weighted by molar-refractivity contribution is -0.125. The molecule has 3 rings (SSSR count). The molecule has 1 aromatic heterocycles. The summed E-state index contributed by atoms with van der Waals surface area (Å²) in [5.74, 6) is 1.58. The van der Waals surface area contributed by atoms with Crippen molar-refractivity contribution in [1.29, 1.82) is 0 Å². The van der Waals surface area contributed by atoms with Gasteiger partial charge in [-0.25, -0.2) is 4.79 Å². The Morgan fingerprint density at radius 3 is 2.93 bits per heavy atom. The summed E-state index contributed by atoms with van der Waals surface area (Å²) in [6.07, 6.45) is 3.71. The summed E-state index contributed by atoms with van der Waals surface area (Å²) in [6.45, 7) is 5.96. The summed E-state index contributed by atoms with van der Waals surface area (Å²) in [5, 5.41) is 15.6. The summed E-state index contributed by atoms with van der Waals surface area (Å²) < 4.78 is 11.1. The zero-order valence-corrected chi connectivity index (χ0v) is 17.8. The number of hydrogen-bond acceptors (Lipinski definition) is 8. The van der Waals surface area contributed by atoms with Crippen molar-refractivity contribution in [2.45, 2.75) is 58.0 Å². The summed E-state index contributed by atoms with van der Waals surface area (Å²) in [6, 6.07) is 2.56. The zero-order chi connectivity index (χ0) is 21.0. The molecule has 0 bridgehead atoms. The number of hydrogen-bond donors (Lipinski definition) is 2. The molecule has 0 spiro atoms. The first-order valence-electron chi connectivity index (χ1n) is 9.85. The summed E-state index contributed by atoms with van der Waals surface area (Å²) in [4.78, 5) is 29.5. The fourth-order valence-corrected chi connectivity index (χ4v) is 4.09. The summed E-state index contributed by atoms with van der Waals surface area (Å²) in [7, 11) is 0. The predicted molar refractivity (Wildman–Crippen MR) is 112 cm³/mol. The van der Waals surface area contributed by atoms with E-state index in [1.54, 1.807) is 19.9 Å². The number of carbonyl (C=O) groups excluding carboxylic acids is 1. The normalized spacial score (nSPS) is 22.9. The highest BCUT2D eigenvalue weighted by atomic mass is 32.2. The Bertz CT molecular complexity index is 877. The van der Waals surface area contributed by atoms with Crippen LogP contribution in [0.1, 0.15) is 58.3 Å². The predicted octanol–water partition coefficient (Wildman–Crippen LogP) is 3.14. The lowest BCUT2D eigenvalue weighted by atomic mass is 10.0. The van der Waals surface area contributed by atoms with Gasteiger partial charge < -0.3 is 19.7 Å². The number of carbonyl (C=O) groups is 1. The first-order valence-corrected chi connectivity index (χ1v) is 10.8. The van der Waals surface area contributed by atoms with Crippen molar-refractivity contribution in [1.82, 2.24) is 5.32 Å². The molecule has 0 aromatic carbocycles. The van der Waals surface area contributed by atoms with Gasteiger partial charge in [0.2, 0.25) is 5.91 Å². The van der Waals surface area contributed by atoms with E-state index < -0.39 is 17.2 Å². The first-order chi connectivity index (χ1) is 13.8. The zero-order valence-electron chi connectivity index (χ0n) is 16.9. The van der Waals surface area contributed by atoms with Crippen molar-refractivity contribution in [3.8, 4) is 5.75 Å². The van der Waals surface area contributed by atoms with Crippen LogP contribution in [-0.2, 0) is 4.79 Å². The number of oxime groups is 1. The monoisotopic (exact) mass is 421 g/mol. The van der Waals surface area contributed by atoms with Crippen LogP contribution < -0.4 is 15.7 Å². The van der Waals surface area contributed by atoms with Crippen molar-refractivity contribution < 1.29 is 19.2 Å². The molecule has 1 aromatic rings. The lowest BCUT2D eigenvalue weighted by Gasteiger charge is -2.24. The maximum absolute atomic E-state index is 13.0. The number of amides is 1. The van der Waals surface area contributed by atoms with E-state index in [0.717, 1.165) is 19.3 Å². The van der Waals surface area contributed by atoms with E-state index in [9.17, 15) is 9.59 Å². The number of thioether (sulfide) groups is 1. The highest BCUT2D eigenvalue weighted by Gasteiger charge is 2.40. The summed E-state index contributed by atoms with van der Waals surface area (Å²) in [5.41, 5.74) is -1.11. The fraction of sp³-hybridized carbons (Fsp3) is 0.600. The minimum atomic E-state index is -0.988. The number of aliphatic imine (C=N–C) groups is 1. The Hall–Kier alpha value is -2.29. The highest BCUT2D eigenvalue weighted by Crippen LogP contribution is 2.31. The second kappa shape index (κ2) is 9.02. The van der Waals surface area contributed by atoms with Crippen molar-refractivity contribution in [3.05, 3.63) is 28.3 Å². The van der Waals surface area contributed by atoms with Crippen LogP contribution in [0, 0.1) is 5.92 Å². The van der Waals surface area contributed by atoms with Gasteiger partial charge in [-0.2, -0.15) is 0 Å². The number of nitrogens with zero attached hydrogens (tertiary/aromatic N) is 2. The van der Waals surface area contributed by atoms with Crippen LogP contribution in [0.15, 0.2) is 31.5 Å². The van der Waals surface area contributed by atoms with Crippen LogP contribution in [0.3, 0.4) is 0 Å². The maximum Gasteiger partial charge on any atom is 0.339 e. The number of nitrogens with one attached hydrogen (secondary N) is 1. The molecule has 2 aliphatic rings. The molecule has 1 amide bonds. The highest BCUT2D eigenvalue weighted by molar-refractivity contribution is 8.16. The van der Waals surface area contributed by atoms with E-state index in [1.807, 2.05) is 6.92 Å². The fourth-order valence-electron chi connectivity index (χ4n) is 2.96. The van der Waals surface area contributed by atoms with Gasteiger partial charge in [0, 0.05) is 11.8 Å². The quantitative estimate of drug-likeness (QED) is 0.360. The molecule has 0 radical (unpaired) electrons. The second-order valence-corrected chi connectivity index (χ2v) is 8.71. The van der Waals surface area contributed by atoms with Crippen molar-refractivity contribution in [2.75, 3.05) is 12.4 Å². The third-order valence-corrected chi connectivity index (χ3v) is 6.33. The van der Waals surface area contributed by atoms with Gasteiger partial charge in [0.05, 0.1) is 18.7 Å². The van der Waals surface area contributed by atoms with Crippen LogP contribution >= 0.6 is 11.8 Å². The largest absolute Gasteiger partial charge is 0.493 e. The molecule has 2 N–H and O–H groups in total. The van der Waals surface area contributed by atoms with Gasteiger partial charge in [0.15, 0.2) is 0 Å². The number of rotatable bonds is 9. The Morgan fingerprint density at radius 2 is 2.28 bits per heavy atom. The molecule has 0 saturated heterocycles. The first kappa shape index (κ1) is 21.4. The standard InChI is InChI=1S/C20H27N3O5S/c1-4-5-15(16-8-14(9-17(24)28-16)27-10-13-6-7-13)21-19(25)20(3)11-29-18(22-20)12(2)23-26/h8-9,13,15,26H,4-7,10-11H2,1-3H3,(H,21,25)/b23-12+/t15-,20-/m1/s1. The van der Waals surface area contributed by atoms with Gasteiger partial charge in [-0.15, -0.1) is 11.8 Å². The van der Waals surface area contributed by atoms with Gasteiger partial charge in [-0.05, 0) is 39.0 Å². The molecule has 8 nitrogen and oxygen atoms in total. The third-order valence-electron chi connectivity index (χ3n) is 4.96. The minimum Gasteiger partial charge on any atom is -0.493 e. The van der Waals surface area contributed by atoms with Crippen LogP contribution in [0.25, 0.3) is 0 Å². The van der Waals surface area contributed by atoms with E-state index in [-0.39, 0.29) is 5.91 Å². The SMILES string of the molecule is CCC[C@@H](NC(=O)[C@@]1(C)CSC(/C(C)=N/O)=N1)c1cc(OCC2CC2)cc(=O)o1. The molecule has 158 valence electrons. The summed E-state index contributed by atoms with van der Waals surface area (Å²) >= 11 is 1.37. The van der Waals surface area contributed by atoms with E-state index in [4.69, 9.17) is 14.4 Å². The molecule has 1 aliphatic heterocycles. The number of ether oxygens (including phenoxy) is 1. The van der Waals surface area contributed by atoms with Gasteiger partial charge in [0.1, 0.15) is 27.8 Å². The van der Waals surface area contributed by atoms with Crippen molar-refractivity contribution in [2.24, 2.45) is 16.1 Å². The molecule has 1 aliphatic carbocycles. The Balaban J connectivity index is 1.77. The van der Waals surface area contributed by atoms with E-state index in [2.05, 4.69) is 15.5 Å². The van der Waals surface area contributed by atoms with Gasteiger partial charge in [-0.3, -0.25) is 9.79 Å². The molecular formula is C20H27N3O5S. The Kier molecular flexibility index (Phi) is 6.66. The molecule has 2 atom stereocenters. The average molecular weight is 422 g/mol. The van der Waals surface area contributed by atoms with Crippen molar-refractivity contribution >= 4 is 28.4 Å². The molecule has 29 heavy (non-hydrogen) atoms. The third kappa shape index (κ3) is 5.41. The van der Waals surface area contributed by atoms with Crippen LogP contribution in [0.5, 0.6) is 5.75 Å². The van der Waals surface area contributed by atoms with E-state index in [1.165, 1.54) is 17.8 Å². The molecule has 1 saturated carbocycles.